The Balaban J connectivity index is 1.76. The van der Waals surface area contributed by atoms with Crippen molar-refractivity contribution in [3.8, 4) is 0 Å². The number of ketones is 1. The van der Waals surface area contributed by atoms with Crippen LogP contribution in [0.1, 0.15) is 39.0 Å². The molecule has 0 spiro atoms. The number of carbonyl (C=O) groups is 5. The number of nitrogens with one attached hydrogen (secondary N) is 2. The van der Waals surface area contributed by atoms with Gasteiger partial charge in [-0.15, -0.1) is 0 Å². The van der Waals surface area contributed by atoms with Crippen molar-refractivity contribution < 1.29 is 24.0 Å². The quantitative estimate of drug-likeness (QED) is 0.449. The van der Waals surface area contributed by atoms with Crippen LogP contribution in [0.3, 0.4) is 0 Å². The molecule has 2 saturated heterocycles. The Kier molecular flexibility index (Phi) is 7.80. The number of hydrazine groups is 1. The lowest BCUT2D eigenvalue weighted by atomic mass is 10.0. The van der Waals surface area contributed by atoms with Crippen LogP contribution < -0.4 is 10.0 Å². The van der Waals surface area contributed by atoms with Crippen molar-refractivity contribution in [2.45, 2.75) is 62.0 Å². The molecule has 2 aliphatic rings. The van der Waals surface area contributed by atoms with Gasteiger partial charge in [-0.05, 0) is 50.3 Å². The number of nitrogens with zero attached hydrogens (tertiary/aromatic N) is 2. The standard InChI is InChI=1S/C21H26N4O5S/c1-14(27)12-15(13-26)22-20(29)18-8-5-11-24-19(28)10-9-17(21(30)25(18)24)23-31-16-6-3-2-4-7-16/h2-4,6-7,13,15,17-18,23H,5,8-12H2,1H3,(H,22,29)/t15-,17-,18-/m0/s1. The van der Waals surface area contributed by atoms with Crippen LogP contribution in [0.15, 0.2) is 35.2 Å². The third-order valence-corrected chi connectivity index (χ3v) is 6.14. The number of benzene rings is 1. The molecule has 0 saturated carbocycles. The summed E-state index contributed by atoms with van der Waals surface area (Å²) in [7, 11) is 0. The predicted octanol–water partition coefficient (Wildman–Crippen LogP) is 0.843. The smallest absolute Gasteiger partial charge is 0.259 e. The molecule has 0 radical (unpaired) electrons. The largest absolute Gasteiger partial charge is 0.344 e. The highest BCUT2D eigenvalue weighted by Crippen LogP contribution is 2.26. The lowest BCUT2D eigenvalue weighted by Gasteiger charge is -2.43. The minimum Gasteiger partial charge on any atom is -0.344 e. The molecular formula is C21H26N4O5S. The molecule has 166 valence electrons. The number of hydrogen-bond donors (Lipinski definition) is 2. The molecule has 1 aromatic rings. The van der Waals surface area contributed by atoms with Gasteiger partial charge in [-0.3, -0.25) is 24.2 Å². The SMILES string of the molecule is CC(=O)C[C@@H](C=O)NC(=O)[C@@H]1CCCN2C(=O)CC[C@H](NSc3ccccc3)C(=O)N12. The minimum absolute atomic E-state index is 0.115. The van der Waals surface area contributed by atoms with Gasteiger partial charge in [0.15, 0.2) is 0 Å². The van der Waals surface area contributed by atoms with Crippen molar-refractivity contribution in [3.63, 3.8) is 0 Å². The zero-order chi connectivity index (χ0) is 22.4. The normalized spacial score (nSPS) is 22.4. The number of fused-ring (bicyclic) bond motifs is 1. The van der Waals surface area contributed by atoms with Gasteiger partial charge < -0.3 is 10.1 Å². The summed E-state index contributed by atoms with van der Waals surface area (Å²) < 4.78 is 3.13. The van der Waals surface area contributed by atoms with Crippen LogP contribution >= 0.6 is 11.9 Å². The molecule has 2 aliphatic heterocycles. The van der Waals surface area contributed by atoms with Crippen LogP contribution in [-0.4, -0.2) is 64.5 Å². The average Bonchev–Trinajstić information content (AvgIpc) is 2.89. The molecule has 31 heavy (non-hydrogen) atoms. The maximum absolute atomic E-state index is 13.3. The number of aldehydes is 1. The molecule has 2 fully saturated rings. The Bertz CT molecular complexity index is 849. The topological polar surface area (TPSA) is 116 Å². The van der Waals surface area contributed by atoms with Gasteiger partial charge in [-0.1, -0.05) is 18.2 Å². The first-order valence-electron chi connectivity index (χ1n) is 10.3. The van der Waals surface area contributed by atoms with E-state index in [1.807, 2.05) is 30.3 Å². The van der Waals surface area contributed by atoms with Gasteiger partial charge in [0.25, 0.3) is 5.91 Å². The van der Waals surface area contributed by atoms with Gasteiger partial charge in [-0.2, -0.15) is 0 Å². The fourth-order valence-corrected chi connectivity index (χ4v) is 4.52. The zero-order valence-electron chi connectivity index (χ0n) is 17.3. The minimum atomic E-state index is -0.958. The molecule has 1 aromatic carbocycles. The van der Waals surface area contributed by atoms with E-state index >= 15 is 0 Å². The molecule has 3 rings (SSSR count). The second-order valence-corrected chi connectivity index (χ2v) is 8.55. The van der Waals surface area contributed by atoms with Crippen LogP contribution in [-0.2, 0) is 24.0 Å². The second kappa shape index (κ2) is 10.5. The van der Waals surface area contributed by atoms with E-state index in [2.05, 4.69) is 10.0 Å². The number of amides is 3. The first-order valence-corrected chi connectivity index (χ1v) is 11.1. The molecule has 2 heterocycles. The van der Waals surface area contributed by atoms with E-state index < -0.39 is 24.0 Å². The molecule has 0 unspecified atom stereocenters. The molecule has 10 heteroatoms. The van der Waals surface area contributed by atoms with Crippen LogP contribution in [0.2, 0.25) is 0 Å². The molecule has 9 nitrogen and oxygen atoms in total. The molecule has 0 bridgehead atoms. The zero-order valence-corrected chi connectivity index (χ0v) is 18.1. The Morgan fingerprint density at radius 2 is 1.97 bits per heavy atom. The number of carbonyl (C=O) groups excluding carboxylic acids is 5. The Labute approximate surface area is 185 Å². The fraction of sp³-hybridized carbons (Fsp3) is 0.476. The van der Waals surface area contributed by atoms with Crippen LogP contribution in [0.5, 0.6) is 0 Å². The summed E-state index contributed by atoms with van der Waals surface area (Å²) in [6.45, 7) is 1.69. The summed E-state index contributed by atoms with van der Waals surface area (Å²) in [6, 6.07) is 6.97. The summed E-state index contributed by atoms with van der Waals surface area (Å²) in [5.74, 6) is -1.34. The third kappa shape index (κ3) is 5.71. The molecule has 2 N–H and O–H groups in total. The summed E-state index contributed by atoms with van der Waals surface area (Å²) >= 11 is 1.30. The van der Waals surface area contributed by atoms with Crippen LogP contribution in [0.25, 0.3) is 0 Å². The van der Waals surface area contributed by atoms with E-state index in [-0.39, 0.29) is 30.4 Å². The first-order chi connectivity index (χ1) is 14.9. The lowest BCUT2D eigenvalue weighted by molar-refractivity contribution is -0.176. The van der Waals surface area contributed by atoms with Gasteiger partial charge >= 0.3 is 0 Å². The maximum atomic E-state index is 13.3. The summed E-state index contributed by atoms with van der Waals surface area (Å²) in [4.78, 5) is 62.5. The number of Topliss-reactive ketones (excluding diaryl/α,β-unsaturated/α-hetero) is 1. The highest BCUT2D eigenvalue weighted by Gasteiger charge is 2.44. The third-order valence-electron chi connectivity index (χ3n) is 5.23. The van der Waals surface area contributed by atoms with Crippen LogP contribution in [0.4, 0.5) is 0 Å². The maximum Gasteiger partial charge on any atom is 0.259 e. The molecule has 0 aromatic heterocycles. The van der Waals surface area contributed by atoms with E-state index in [0.717, 1.165) is 4.90 Å². The van der Waals surface area contributed by atoms with Crippen molar-refractivity contribution in [1.29, 1.82) is 0 Å². The van der Waals surface area contributed by atoms with Gasteiger partial charge in [-0.25, -0.2) is 9.73 Å². The van der Waals surface area contributed by atoms with Gasteiger partial charge in [0, 0.05) is 24.3 Å². The molecule has 3 amide bonds. The molecule has 0 aliphatic carbocycles. The van der Waals surface area contributed by atoms with Gasteiger partial charge in [0.2, 0.25) is 11.8 Å². The Morgan fingerprint density at radius 3 is 2.65 bits per heavy atom. The molecule has 3 atom stereocenters. The van der Waals surface area contributed by atoms with E-state index in [9.17, 15) is 24.0 Å². The van der Waals surface area contributed by atoms with E-state index in [1.165, 1.54) is 28.9 Å². The van der Waals surface area contributed by atoms with Crippen molar-refractivity contribution in [2.24, 2.45) is 0 Å². The van der Waals surface area contributed by atoms with Gasteiger partial charge in [0.1, 0.15) is 18.1 Å². The summed E-state index contributed by atoms with van der Waals surface area (Å²) in [5, 5.41) is 5.14. The summed E-state index contributed by atoms with van der Waals surface area (Å²) in [5.41, 5.74) is 0. The highest BCUT2D eigenvalue weighted by atomic mass is 32.2. The summed E-state index contributed by atoms with van der Waals surface area (Å²) in [6.07, 6.45) is 1.83. The lowest BCUT2D eigenvalue weighted by Crippen LogP contribution is -2.63. The predicted molar refractivity (Wildman–Crippen MR) is 113 cm³/mol. The second-order valence-electron chi connectivity index (χ2n) is 7.64. The van der Waals surface area contributed by atoms with Crippen molar-refractivity contribution in [3.05, 3.63) is 30.3 Å². The van der Waals surface area contributed by atoms with E-state index in [4.69, 9.17) is 0 Å². The Hall–Kier alpha value is -2.72. The first kappa shape index (κ1) is 23.0. The Morgan fingerprint density at radius 1 is 1.23 bits per heavy atom. The van der Waals surface area contributed by atoms with Crippen LogP contribution in [0, 0.1) is 0 Å². The van der Waals surface area contributed by atoms with Crippen molar-refractivity contribution in [1.82, 2.24) is 20.1 Å². The average molecular weight is 447 g/mol. The number of hydrogen-bond acceptors (Lipinski definition) is 7. The van der Waals surface area contributed by atoms with E-state index in [0.29, 0.717) is 32.1 Å². The highest BCUT2D eigenvalue weighted by molar-refractivity contribution is 7.97. The molecular weight excluding hydrogens is 420 g/mol. The number of rotatable bonds is 8. The van der Waals surface area contributed by atoms with E-state index in [1.54, 1.807) is 0 Å². The monoisotopic (exact) mass is 446 g/mol. The fourth-order valence-electron chi connectivity index (χ4n) is 3.73. The van der Waals surface area contributed by atoms with Gasteiger partial charge in [0.05, 0.1) is 12.1 Å². The van der Waals surface area contributed by atoms with Crippen molar-refractivity contribution in [2.75, 3.05) is 6.54 Å². The van der Waals surface area contributed by atoms with Crippen molar-refractivity contribution >= 4 is 41.7 Å².